The average Bonchev–Trinajstić information content (AvgIpc) is 3.14. The Hall–Kier alpha value is -2.35. The predicted octanol–water partition coefficient (Wildman–Crippen LogP) is 1.99. The molecule has 3 aliphatic rings. The zero-order valence-electron chi connectivity index (χ0n) is 12.4. The molecule has 0 aromatic heterocycles. The number of rotatable bonds is 0. The number of hydrogen-bond donors (Lipinski definition) is 1. The van der Waals surface area contributed by atoms with Gasteiger partial charge in [0.15, 0.2) is 5.92 Å². The van der Waals surface area contributed by atoms with Gasteiger partial charge in [0.25, 0.3) is 0 Å². The molecule has 0 unspecified atom stereocenters. The van der Waals surface area contributed by atoms with Crippen molar-refractivity contribution in [2.75, 3.05) is 11.4 Å². The molecule has 2 aliphatic heterocycles. The Bertz CT molecular complexity index is 697. The minimum absolute atomic E-state index is 0.196. The summed E-state index contributed by atoms with van der Waals surface area (Å²) in [5, 5.41) is 12.3. The third kappa shape index (κ3) is 1.83. The van der Waals surface area contributed by atoms with Gasteiger partial charge in [-0.05, 0) is 30.9 Å². The molecule has 1 spiro atoms. The highest BCUT2D eigenvalue weighted by Gasteiger charge is 2.49. The molecule has 5 nitrogen and oxygen atoms in total. The number of hydrogen-bond acceptors (Lipinski definition) is 4. The normalized spacial score (nSPS) is 25.6. The van der Waals surface area contributed by atoms with Gasteiger partial charge < -0.3 is 4.90 Å². The number of carbonyl (C=O) groups is 1. The molecule has 0 saturated heterocycles. The lowest BCUT2D eigenvalue weighted by atomic mass is 9.82. The number of para-hydroxylation sites is 1. The molecule has 1 aliphatic carbocycles. The van der Waals surface area contributed by atoms with E-state index in [0.717, 1.165) is 44.3 Å². The number of carbonyl (C=O) groups excluding carboxylic acids is 1. The number of nitriles is 1. The van der Waals surface area contributed by atoms with E-state index in [9.17, 15) is 10.1 Å². The van der Waals surface area contributed by atoms with Crippen molar-refractivity contribution in [3.8, 4) is 6.07 Å². The molecule has 2 heterocycles. The summed E-state index contributed by atoms with van der Waals surface area (Å²) in [6.07, 6.45) is 4.70. The van der Waals surface area contributed by atoms with E-state index >= 15 is 0 Å². The molecule has 1 aromatic rings. The maximum Gasteiger partial charge on any atom is 0.246 e. The minimum Gasteiger partial charge on any atom is -0.312 e. The standard InChI is InChI=1S/C17H18N4O/c18-11-13-15(22)19-16(20-17(13)8-3-4-9-17)21-10-7-12-5-1-2-6-14(12)21/h1-2,5-6,13H,3-4,7-10H2,(H,19,20,22)/t13-/m1/s1. The van der Waals surface area contributed by atoms with Gasteiger partial charge in [-0.2, -0.15) is 5.26 Å². The summed E-state index contributed by atoms with van der Waals surface area (Å²) in [4.78, 5) is 19.4. The van der Waals surface area contributed by atoms with Crippen LogP contribution in [0.1, 0.15) is 31.2 Å². The Morgan fingerprint density at radius 2 is 2.09 bits per heavy atom. The van der Waals surface area contributed by atoms with Crippen LogP contribution in [0.5, 0.6) is 0 Å². The van der Waals surface area contributed by atoms with E-state index in [1.54, 1.807) is 0 Å². The first-order valence-corrected chi connectivity index (χ1v) is 7.89. The van der Waals surface area contributed by atoms with Gasteiger partial charge in [0.1, 0.15) is 0 Å². The number of aliphatic imine (C=N–C) groups is 1. The van der Waals surface area contributed by atoms with E-state index in [1.807, 2.05) is 12.1 Å². The Morgan fingerprint density at radius 1 is 1.32 bits per heavy atom. The molecule has 0 radical (unpaired) electrons. The van der Waals surface area contributed by atoms with Crippen LogP contribution in [-0.2, 0) is 11.2 Å². The molecule has 0 bridgehead atoms. The monoisotopic (exact) mass is 294 g/mol. The molecule has 1 amide bonds. The van der Waals surface area contributed by atoms with Crippen molar-refractivity contribution in [3.05, 3.63) is 29.8 Å². The summed E-state index contributed by atoms with van der Waals surface area (Å²) < 4.78 is 0. The van der Waals surface area contributed by atoms with Gasteiger partial charge >= 0.3 is 0 Å². The second kappa shape index (κ2) is 4.84. The second-order valence-electron chi connectivity index (χ2n) is 6.33. The van der Waals surface area contributed by atoms with Crippen LogP contribution in [0.3, 0.4) is 0 Å². The van der Waals surface area contributed by atoms with Crippen LogP contribution in [0, 0.1) is 17.2 Å². The summed E-state index contributed by atoms with van der Waals surface area (Å²) in [5.41, 5.74) is 1.89. The van der Waals surface area contributed by atoms with Crippen LogP contribution in [0.25, 0.3) is 0 Å². The van der Waals surface area contributed by atoms with E-state index in [4.69, 9.17) is 4.99 Å². The van der Waals surface area contributed by atoms with Crippen molar-refractivity contribution in [1.82, 2.24) is 5.32 Å². The number of fused-ring (bicyclic) bond motifs is 1. The minimum atomic E-state index is -0.656. The van der Waals surface area contributed by atoms with Gasteiger partial charge in [0.05, 0.1) is 11.6 Å². The maximum atomic E-state index is 12.4. The lowest BCUT2D eigenvalue weighted by molar-refractivity contribution is -0.124. The van der Waals surface area contributed by atoms with Gasteiger partial charge in [0, 0.05) is 12.2 Å². The van der Waals surface area contributed by atoms with E-state index in [-0.39, 0.29) is 5.91 Å². The molecular weight excluding hydrogens is 276 g/mol. The van der Waals surface area contributed by atoms with Gasteiger partial charge in [-0.3, -0.25) is 10.1 Å². The van der Waals surface area contributed by atoms with Crippen molar-refractivity contribution in [2.24, 2.45) is 10.9 Å². The highest BCUT2D eigenvalue weighted by Crippen LogP contribution is 2.42. The van der Waals surface area contributed by atoms with Crippen LogP contribution in [0.2, 0.25) is 0 Å². The molecule has 1 saturated carbocycles. The largest absolute Gasteiger partial charge is 0.312 e. The van der Waals surface area contributed by atoms with E-state index in [0.29, 0.717) is 5.96 Å². The van der Waals surface area contributed by atoms with Crippen molar-refractivity contribution in [2.45, 2.75) is 37.6 Å². The summed E-state index contributed by atoms with van der Waals surface area (Å²) in [5.74, 6) is -0.223. The fourth-order valence-corrected chi connectivity index (χ4v) is 3.98. The first-order chi connectivity index (χ1) is 10.7. The molecule has 1 fully saturated rings. The average molecular weight is 294 g/mol. The van der Waals surface area contributed by atoms with Gasteiger partial charge in [0.2, 0.25) is 11.9 Å². The smallest absolute Gasteiger partial charge is 0.246 e. The fourth-order valence-electron chi connectivity index (χ4n) is 3.98. The van der Waals surface area contributed by atoms with Crippen LogP contribution in [-0.4, -0.2) is 24.0 Å². The molecule has 4 rings (SSSR count). The van der Waals surface area contributed by atoms with Crippen molar-refractivity contribution < 1.29 is 4.79 Å². The lowest BCUT2D eigenvalue weighted by Gasteiger charge is -2.36. The Labute approximate surface area is 129 Å². The zero-order chi connectivity index (χ0) is 15.2. The molecule has 1 aromatic carbocycles. The van der Waals surface area contributed by atoms with Gasteiger partial charge in [-0.25, -0.2) is 4.99 Å². The SMILES string of the molecule is N#C[C@@H]1C(=O)NC(N2CCc3ccccc32)=NC12CCCC2. The van der Waals surface area contributed by atoms with Crippen LogP contribution < -0.4 is 10.2 Å². The predicted molar refractivity (Wildman–Crippen MR) is 83.4 cm³/mol. The summed E-state index contributed by atoms with van der Waals surface area (Å²) in [6.45, 7) is 0.825. The molecular formula is C17H18N4O. The van der Waals surface area contributed by atoms with E-state index in [2.05, 4.69) is 28.4 Å². The molecule has 5 heteroatoms. The number of guanidine groups is 1. The van der Waals surface area contributed by atoms with Crippen molar-refractivity contribution in [3.63, 3.8) is 0 Å². The zero-order valence-corrected chi connectivity index (χ0v) is 12.4. The number of nitrogens with one attached hydrogen (secondary N) is 1. The van der Waals surface area contributed by atoms with E-state index < -0.39 is 11.5 Å². The Balaban J connectivity index is 1.75. The summed E-state index contributed by atoms with van der Waals surface area (Å²) in [6, 6.07) is 10.4. The highest BCUT2D eigenvalue weighted by atomic mass is 16.2. The van der Waals surface area contributed by atoms with Gasteiger partial charge in [-0.15, -0.1) is 0 Å². The molecule has 112 valence electrons. The van der Waals surface area contributed by atoms with Crippen LogP contribution in [0.4, 0.5) is 5.69 Å². The third-order valence-corrected chi connectivity index (χ3v) is 5.10. The van der Waals surface area contributed by atoms with Crippen LogP contribution >= 0.6 is 0 Å². The Kier molecular flexibility index (Phi) is 2.93. The van der Waals surface area contributed by atoms with E-state index in [1.165, 1.54) is 5.56 Å². The number of nitrogens with zero attached hydrogens (tertiary/aromatic N) is 3. The number of benzene rings is 1. The summed E-state index contributed by atoms with van der Waals surface area (Å²) in [7, 11) is 0. The Morgan fingerprint density at radius 3 is 2.86 bits per heavy atom. The third-order valence-electron chi connectivity index (χ3n) is 5.10. The number of amides is 1. The molecule has 22 heavy (non-hydrogen) atoms. The second-order valence-corrected chi connectivity index (χ2v) is 6.33. The summed E-state index contributed by atoms with van der Waals surface area (Å²) >= 11 is 0. The number of anilines is 1. The molecule has 1 atom stereocenters. The first-order valence-electron chi connectivity index (χ1n) is 7.89. The topological polar surface area (TPSA) is 68.5 Å². The van der Waals surface area contributed by atoms with Crippen molar-refractivity contribution in [1.29, 1.82) is 5.26 Å². The maximum absolute atomic E-state index is 12.4. The lowest BCUT2D eigenvalue weighted by Crippen LogP contribution is -2.56. The fraction of sp³-hybridized carbons (Fsp3) is 0.471. The highest BCUT2D eigenvalue weighted by molar-refractivity contribution is 6.09. The van der Waals surface area contributed by atoms with Crippen molar-refractivity contribution >= 4 is 17.6 Å². The van der Waals surface area contributed by atoms with Crippen LogP contribution in [0.15, 0.2) is 29.3 Å². The quantitative estimate of drug-likeness (QED) is 0.795. The first kappa shape index (κ1) is 13.3. The van der Waals surface area contributed by atoms with Gasteiger partial charge in [-0.1, -0.05) is 31.0 Å². The molecule has 1 N–H and O–H groups in total.